The van der Waals surface area contributed by atoms with Crippen LogP contribution in [0.1, 0.15) is 18.4 Å². The molecule has 0 aliphatic rings. The summed E-state index contributed by atoms with van der Waals surface area (Å²) >= 11 is 0. The summed E-state index contributed by atoms with van der Waals surface area (Å²) in [5.41, 5.74) is 4.33. The number of ether oxygens (including phenoxy) is 1. The minimum Gasteiger partial charge on any atom is -0.383 e. The number of benzene rings is 1. The maximum Gasteiger partial charge on any atom is 0.419 e. The Kier molecular flexibility index (Phi) is 6.22. The summed E-state index contributed by atoms with van der Waals surface area (Å²) in [5, 5.41) is 2.91. The first-order valence-corrected chi connectivity index (χ1v) is 6.20. The third-order valence-electron chi connectivity index (χ3n) is 2.77. The molecular formula is C13H18F4N2O. The van der Waals surface area contributed by atoms with Crippen LogP contribution in [0.25, 0.3) is 0 Å². The number of anilines is 1. The van der Waals surface area contributed by atoms with E-state index in [9.17, 15) is 17.6 Å². The summed E-state index contributed by atoms with van der Waals surface area (Å²) < 4.78 is 56.0. The van der Waals surface area contributed by atoms with E-state index in [1.54, 1.807) is 0 Å². The van der Waals surface area contributed by atoms with Crippen molar-refractivity contribution in [3.05, 3.63) is 29.6 Å². The van der Waals surface area contributed by atoms with E-state index in [-0.39, 0.29) is 11.7 Å². The molecule has 20 heavy (non-hydrogen) atoms. The van der Waals surface area contributed by atoms with Crippen LogP contribution < -0.4 is 11.1 Å². The molecule has 0 fully saturated rings. The molecule has 0 spiro atoms. The van der Waals surface area contributed by atoms with Crippen LogP contribution in [0.15, 0.2) is 18.2 Å². The molecule has 0 aromatic heterocycles. The lowest BCUT2D eigenvalue weighted by molar-refractivity contribution is -0.139. The van der Waals surface area contributed by atoms with Gasteiger partial charge in [0, 0.05) is 18.8 Å². The topological polar surface area (TPSA) is 47.3 Å². The molecular weight excluding hydrogens is 276 g/mol. The smallest absolute Gasteiger partial charge is 0.383 e. The molecule has 1 aromatic rings. The minimum absolute atomic E-state index is 0.171. The third-order valence-corrected chi connectivity index (χ3v) is 2.77. The molecule has 0 heterocycles. The van der Waals surface area contributed by atoms with Gasteiger partial charge in [0.2, 0.25) is 0 Å². The zero-order chi connectivity index (χ0) is 15.2. The molecule has 3 nitrogen and oxygen atoms in total. The average Bonchev–Trinajstić information content (AvgIpc) is 2.37. The lowest BCUT2D eigenvalue weighted by Crippen LogP contribution is -2.26. The second-order valence-corrected chi connectivity index (χ2v) is 4.42. The Hall–Kier alpha value is -1.34. The lowest BCUT2D eigenvalue weighted by Gasteiger charge is -2.20. The molecule has 7 heteroatoms. The van der Waals surface area contributed by atoms with Crippen molar-refractivity contribution in [1.82, 2.24) is 0 Å². The Bertz CT molecular complexity index is 423. The molecule has 3 N–H and O–H groups in total. The fourth-order valence-corrected chi connectivity index (χ4v) is 1.83. The van der Waals surface area contributed by atoms with Gasteiger partial charge in [-0.05, 0) is 37.6 Å². The zero-order valence-electron chi connectivity index (χ0n) is 11.1. The third kappa shape index (κ3) is 4.97. The standard InChI is InChI=1S/C13H18F4N2O/c1-20-8-10(3-2-6-18)19-9-4-5-12(14)11(7-9)13(15,16)17/h4-5,7,10,19H,2-3,6,8,18H2,1H3. The summed E-state index contributed by atoms with van der Waals surface area (Å²) in [6, 6.07) is 2.67. The van der Waals surface area contributed by atoms with Gasteiger partial charge in [-0.25, -0.2) is 4.39 Å². The fraction of sp³-hybridized carbons (Fsp3) is 0.538. The van der Waals surface area contributed by atoms with Gasteiger partial charge in [0.1, 0.15) is 5.82 Å². The van der Waals surface area contributed by atoms with Crippen molar-refractivity contribution < 1.29 is 22.3 Å². The zero-order valence-corrected chi connectivity index (χ0v) is 11.1. The number of hydrogen-bond acceptors (Lipinski definition) is 3. The van der Waals surface area contributed by atoms with Gasteiger partial charge in [-0.3, -0.25) is 0 Å². The first-order chi connectivity index (χ1) is 9.38. The molecule has 1 rings (SSSR count). The van der Waals surface area contributed by atoms with Crippen LogP contribution in [0.2, 0.25) is 0 Å². The van der Waals surface area contributed by atoms with Crippen LogP contribution in [-0.2, 0) is 10.9 Å². The molecule has 0 aliphatic heterocycles. The van der Waals surface area contributed by atoms with Crippen molar-refractivity contribution in [2.45, 2.75) is 25.1 Å². The minimum atomic E-state index is -4.71. The highest BCUT2D eigenvalue weighted by atomic mass is 19.4. The summed E-state index contributed by atoms with van der Waals surface area (Å²) in [6.45, 7) is 0.817. The Morgan fingerprint density at radius 3 is 2.60 bits per heavy atom. The first-order valence-electron chi connectivity index (χ1n) is 6.20. The number of rotatable bonds is 7. The Morgan fingerprint density at radius 2 is 2.05 bits per heavy atom. The summed E-state index contributed by atoms with van der Waals surface area (Å²) in [6.07, 6.45) is -3.34. The van der Waals surface area contributed by atoms with Crippen LogP contribution in [0, 0.1) is 5.82 Å². The normalized spacial score (nSPS) is 13.3. The van der Waals surface area contributed by atoms with Crippen molar-refractivity contribution in [2.24, 2.45) is 5.73 Å². The van der Waals surface area contributed by atoms with Gasteiger partial charge in [0.15, 0.2) is 0 Å². The fourth-order valence-electron chi connectivity index (χ4n) is 1.83. The van der Waals surface area contributed by atoms with Crippen molar-refractivity contribution >= 4 is 5.69 Å². The summed E-state index contributed by atoms with van der Waals surface area (Å²) in [5.74, 6) is -1.28. The molecule has 0 bridgehead atoms. The number of nitrogens with one attached hydrogen (secondary N) is 1. The molecule has 0 saturated heterocycles. The maximum atomic E-state index is 13.2. The Labute approximate surface area is 115 Å². The molecule has 0 radical (unpaired) electrons. The number of nitrogens with two attached hydrogens (primary N) is 1. The van der Waals surface area contributed by atoms with Gasteiger partial charge in [-0.2, -0.15) is 13.2 Å². The molecule has 0 saturated carbocycles. The van der Waals surface area contributed by atoms with E-state index in [1.807, 2.05) is 0 Å². The van der Waals surface area contributed by atoms with Gasteiger partial charge in [-0.15, -0.1) is 0 Å². The molecule has 1 unspecified atom stereocenters. The second kappa shape index (κ2) is 7.44. The second-order valence-electron chi connectivity index (χ2n) is 4.42. The highest BCUT2D eigenvalue weighted by molar-refractivity contribution is 5.47. The highest BCUT2D eigenvalue weighted by Crippen LogP contribution is 2.33. The van der Waals surface area contributed by atoms with Crippen LogP contribution in [0.3, 0.4) is 0 Å². The molecule has 114 valence electrons. The van der Waals surface area contributed by atoms with Gasteiger partial charge in [0.05, 0.1) is 12.2 Å². The largest absolute Gasteiger partial charge is 0.419 e. The van der Waals surface area contributed by atoms with E-state index in [0.717, 1.165) is 12.1 Å². The van der Waals surface area contributed by atoms with Crippen molar-refractivity contribution in [2.75, 3.05) is 25.6 Å². The van der Waals surface area contributed by atoms with E-state index in [0.29, 0.717) is 26.0 Å². The van der Waals surface area contributed by atoms with Crippen molar-refractivity contribution in [3.8, 4) is 0 Å². The van der Waals surface area contributed by atoms with E-state index in [2.05, 4.69) is 5.32 Å². The number of halogens is 4. The summed E-state index contributed by atoms with van der Waals surface area (Å²) in [7, 11) is 1.50. The van der Waals surface area contributed by atoms with Crippen molar-refractivity contribution in [3.63, 3.8) is 0 Å². The lowest BCUT2D eigenvalue weighted by atomic mass is 10.1. The molecule has 0 amide bonds. The van der Waals surface area contributed by atoms with Gasteiger partial charge in [-0.1, -0.05) is 0 Å². The predicted molar refractivity (Wildman–Crippen MR) is 69.0 cm³/mol. The molecule has 1 aromatic carbocycles. The van der Waals surface area contributed by atoms with Crippen molar-refractivity contribution in [1.29, 1.82) is 0 Å². The Balaban J connectivity index is 2.85. The van der Waals surface area contributed by atoms with E-state index < -0.39 is 17.6 Å². The SMILES string of the molecule is COCC(CCCN)Nc1ccc(F)c(C(F)(F)F)c1. The summed E-state index contributed by atoms with van der Waals surface area (Å²) in [4.78, 5) is 0. The quantitative estimate of drug-likeness (QED) is 0.760. The van der Waals surface area contributed by atoms with Gasteiger partial charge < -0.3 is 15.8 Å². The monoisotopic (exact) mass is 294 g/mol. The Morgan fingerprint density at radius 1 is 1.35 bits per heavy atom. The number of methoxy groups -OCH3 is 1. The van der Waals surface area contributed by atoms with E-state index >= 15 is 0 Å². The van der Waals surface area contributed by atoms with Crippen LogP contribution >= 0.6 is 0 Å². The molecule has 1 atom stereocenters. The van der Waals surface area contributed by atoms with Crippen LogP contribution in [0.5, 0.6) is 0 Å². The van der Waals surface area contributed by atoms with Crippen LogP contribution in [-0.4, -0.2) is 26.3 Å². The number of hydrogen-bond donors (Lipinski definition) is 2. The van der Waals surface area contributed by atoms with E-state index in [1.165, 1.54) is 13.2 Å². The van der Waals surface area contributed by atoms with Gasteiger partial charge in [0.25, 0.3) is 0 Å². The maximum absolute atomic E-state index is 13.2. The predicted octanol–water partition coefficient (Wildman–Crippen LogP) is 3.01. The number of alkyl halides is 3. The first kappa shape index (κ1) is 16.7. The molecule has 0 aliphatic carbocycles. The average molecular weight is 294 g/mol. The highest BCUT2D eigenvalue weighted by Gasteiger charge is 2.34. The van der Waals surface area contributed by atoms with E-state index in [4.69, 9.17) is 10.5 Å². The van der Waals surface area contributed by atoms with Crippen LogP contribution in [0.4, 0.5) is 23.2 Å². The van der Waals surface area contributed by atoms with Gasteiger partial charge >= 0.3 is 6.18 Å².